The smallest absolute Gasteiger partial charge is 0.264 e. The fraction of sp³-hybridized carbons (Fsp3) is 0.192. The lowest BCUT2D eigenvalue weighted by Crippen LogP contribution is -2.29. The summed E-state index contributed by atoms with van der Waals surface area (Å²) >= 11 is 0. The minimum atomic E-state index is -0.284. The van der Waals surface area contributed by atoms with Crippen LogP contribution in [0.3, 0.4) is 0 Å². The van der Waals surface area contributed by atoms with Gasteiger partial charge in [0.25, 0.3) is 5.56 Å². The van der Waals surface area contributed by atoms with E-state index in [0.29, 0.717) is 40.9 Å². The predicted molar refractivity (Wildman–Crippen MR) is 131 cm³/mol. The van der Waals surface area contributed by atoms with Crippen molar-refractivity contribution in [2.24, 2.45) is 0 Å². The van der Waals surface area contributed by atoms with Crippen LogP contribution in [0.15, 0.2) is 81.1 Å². The van der Waals surface area contributed by atoms with Crippen LogP contribution in [0, 0.1) is 6.92 Å². The lowest BCUT2D eigenvalue weighted by Gasteiger charge is -2.08. The minimum absolute atomic E-state index is 0.0537. The van der Waals surface area contributed by atoms with Crippen molar-refractivity contribution in [1.29, 1.82) is 0 Å². The van der Waals surface area contributed by atoms with Crippen LogP contribution in [-0.4, -0.2) is 31.8 Å². The zero-order valence-corrected chi connectivity index (χ0v) is 19.1. The third-order valence-electron chi connectivity index (χ3n) is 5.72. The maximum absolute atomic E-state index is 12.9. The molecule has 0 aliphatic carbocycles. The molecule has 0 spiro atoms. The fourth-order valence-corrected chi connectivity index (χ4v) is 4.04. The first-order valence-electron chi connectivity index (χ1n) is 11.2. The molecule has 9 heteroatoms. The Morgan fingerprint density at radius 3 is 2.77 bits per heavy atom. The van der Waals surface area contributed by atoms with Gasteiger partial charge in [0.15, 0.2) is 11.1 Å². The second-order valence-electron chi connectivity index (χ2n) is 8.37. The van der Waals surface area contributed by atoms with E-state index in [0.717, 1.165) is 11.1 Å². The standard InChI is InChI=1S/C26H23N5O4/c1-17-5-4-6-18(11-17)15-30-16-28-25-21(26(30)34)14-29-31(25)10-9-27-24(33)13-19-12-22(32)20-7-2-3-8-23(20)35-19/h2-8,11-12,14,16H,9-10,13,15H2,1H3,(H,27,33). The van der Waals surface area contributed by atoms with Crippen LogP contribution >= 0.6 is 0 Å². The van der Waals surface area contributed by atoms with Crippen molar-refractivity contribution in [2.45, 2.75) is 26.4 Å². The van der Waals surface area contributed by atoms with Gasteiger partial charge in [0.2, 0.25) is 5.91 Å². The fourth-order valence-electron chi connectivity index (χ4n) is 4.04. The number of nitrogens with one attached hydrogen (secondary N) is 1. The molecule has 0 saturated carbocycles. The van der Waals surface area contributed by atoms with Crippen molar-refractivity contribution < 1.29 is 9.21 Å². The maximum Gasteiger partial charge on any atom is 0.264 e. The highest BCUT2D eigenvalue weighted by Crippen LogP contribution is 2.12. The van der Waals surface area contributed by atoms with E-state index >= 15 is 0 Å². The predicted octanol–water partition coefficient (Wildman–Crippen LogP) is 2.42. The number of para-hydroxylation sites is 1. The lowest BCUT2D eigenvalue weighted by molar-refractivity contribution is -0.120. The van der Waals surface area contributed by atoms with Crippen LogP contribution < -0.4 is 16.3 Å². The highest BCUT2D eigenvalue weighted by molar-refractivity contribution is 5.80. The Hall–Kier alpha value is -4.53. The molecule has 0 bridgehead atoms. The van der Waals surface area contributed by atoms with Gasteiger partial charge < -0.3 is 9.73 Å². The number of carbonyl (C=O) groups excluding carboxylic acids is 1. The van der Waals surface area contributed by atoms with E-state index in [1.165, 1.54) is 18.6 Å². The molecular weight excluding hydrogens is 446 g/mol. The van der Waals surface area contributed by atoms with Gasteiger partial charge in [0.05, 0.1) is 31.1 Å². The Labute approximate surface area is 199 Å². The average Bonchev–Trinajstić information content (AvgIpc) is 3.25. The number of amides is 1. The van der Waals surface area contributed by atoms with Crippen molar-refractivity contribution in [1.82, 2.24) is 24.6 Å². The number of aromatic nitrogens is 4. The normalized spacial score (nSPS) is 11.2. The molecule has 0 aliphatic rings. The number of hydrogen-bond acceptors (Lipinski definition) is 6. The Morgan fingerprint density at radius 1 is 1.06 bits per heavy atom. The highest BCUT2D eigenvalue weighted by atomic mass is 16.3. The molecule has 1 amide bonds. The number of aryl methyl sites for hydroxylation is 1. The molecule has 0 radical (unpaired) electrons. The number of nitrogens with zero attached hydrogens (tertiary/aromatic N) is 4. The topological polar surface area (TPSA) is 112 Å². The first kappa shape index (κ1) is 22.3. The Balaban J connectivity index is 1.23. The van der Waals surface area contributed by atoms with E-state index in [2.05, 4.69) is 15.4 Å². The number of benzene rings is 2. The van der Waals surface area contributed by atoms with E-state index in [1.807, 2.05) is 31.2 Å². The van der Waals surface area contributed by atoms with Gasteiger partial charge >= 0.3 is 0 Å². The van der Waals surface area contributed by atoms with Gasteiger partial charge in [0, 0.05) is 12.6 Å². The summed E-state index contributed by atoms with van der Waals surface area (Å²) in [5.74, 6) is 0.0138. The number of rotatable bonds is 7. The third-order valence-corrected chi connectivity index (χ3v) is 5.72. The summed E-state index contributed by atoms with van der Waals surface area (Å²) in [6.45, 7) is 3.05. The number of carbonyl (C=O) groups is 1. The van der Waals surface area contributed by atoms with Crippen LogP contribution in [0.2, 0.25) is 0 Å². The van der Waals surface area contributed by atoms with Gasteiger partial charge in [-0.1, -0.05) is 42.0 Å². The highest BCUT2D eigenvalue weighted by Gasteiger charge is 2.12. The van der Waals surface area contributed by atoms with Crippen molar-refractivity contribution in [3.8, 4) is 0 Å². The second kappa shape index (κ2) is 9.38. The van der Waals surface area contributed by atoms with E-state index in [9.17, 15) is 14.4 Å². The van der Waals surface area contributed by atoms with Crippen molar-refractivity contribution in [3.05, 3.63) is 105 Å². The third kappa shape index (κ3) is 4.74. The molecule has 0 fully saturated rings. The van der Waals surface area contributed by atoms with Crippen LogP contribution in [0.25, 0.3) is 22.0 Å². The summed E-state index contributed by atoms with van der Waals surface area (Å²) < 4.78 is 8.82. The summed E-state index contributed by atoms with van der Waals surface area (Å²) in [5, 5.41) is 7.97. The lowest BCUT2D eigenvalue weighted by atomic mass is 10.1. The molecule has 9 nitrogen and oxygen atoms in total. The summed E-state index contributed by atoms with van der Waals surface area (Å²) in [7, 11) is 0. The van der Waals surface area contributed by atoms with Gasteiger partial charge in [-0.15, -0.1) is 0 Å². The molecule has 3 aromatic heterocycles. The summed E-state index contributed by atoms with van der Waals surface area (Å²) in [5.41, 5.74) is 2.71. The van der Waals surface area contributed by atoms with Gasteiger partial charge in [-0.2, -0.15) is 5.10 Å². The SMILES string of the molecule is Cc1cccc(Cn2cnc3c(cnn3CCNC(=O)Cc3cc(=O)c4ccccc4o3)c2=O)c1. The zero-order chi connectivity index (χ0) is 24.4. The summed E-state index contributed by atoms with van der Waals surface area (Å²) in [6.07, 6.45) is 2.97. The van der Waals surface area contributed by atoms with E-state index < -0.39 is 0 Å². The molecule has 2 aromatic carbocycles. The molecule has 0 aliphatic heterocycles. The molecule has 0 saturated heterocycles. The first-order valence-corrected chi connectivity index (χ1v) is 11.2. The number of hydrogen-bond donors (Lipinski definition) is 1. The van der Waals surface area contributed by atoms with Gasteiger partial charge in [-0.05, 0) is 24.6 Å². The van der Waals surface area contributed by atoms with Crippen molar-refractivity contribution >= 4 is 27.9 Å². The molecular formula is C26H23N5O4. The molecule has 35 heavy (non-hydrogen) atoms. The Kier molecular flexibility index (Phi) is 5.97. The van der Waals surface area contributed by atoms with E-state index in [-0.39, 0.29) is 29.9 Å². The molecule has 5 aromatic rings. The molecule has 0 unspecified atom stereocenters. The van der Waals surface area contributed by atoms with E-state index in [4.69, 9.17) is 4.42 Å². The monoisotopic (exact) mass is 469 g/mol. The quantitative estimate of drug-likeness (QED) is 0.392. The number of fused-ring (bicyclic) bond motifs is 2. The molecule has 5 rings (SSSR count). The van der Waals surface area contributed by atoms with Crippen LogP contribution in [0.4, 0.5) is 0 Å². The van der Waals surface area contributed by atoms with Crippen molar-refractivity contribution in [3.63, 3.8) is 0 Å². The molecule has 0 atom stereocenters. The Morgan fingerprint density at radius 2 is 1.91 bits per heavy atom. The molecule has 3 heterocycles. The van der Waals surface area contributed by atoms with Crippen LogP contribution in [0.1, 0.15) is 16.9 Å². The van der Waals surface area contributed by atoms with E-state index in [1.54, 1.807) is 33.5 Å². The van der Waals surface area contributed by atoms with Gasteiger partial charge in [0.1, 0.15) is 23.1 Å². The first-order chi connectivity index (χ1) is 17.0. The minimum Gasteiger partial charge on any atom is -0.460 e. The van der Waals surface area contributed by atoms with Crippen LogP contribution in [0.5, 0.6) is 0 Å². The van der Waals surface area contributed by atoms with Gasteiger partial charge in [-0.3, -0.25) is 19.0 Å². The van der Waals surface area contributed by atoms with Crippen molar-refractivity contribution in [2.75, 3.05) is 6.54 Å². The zero-order valence-electron chi connectivity index (χ0n) is 19.1. The second-order valence-corrected chi connectivity index (χ2v) is 8.37. The van der Waals surface area contributed by atoms with Crippen LogP contribution in [-0.2, 0) is 24.3 Å². The molecule has 1 N–H and O–H groups in total. The Bertz CT molecular complexity index is 1660. The summed E-state index contributed by atoms with van der Waals surface area (Å²) in [4.78, 5) is 41.9. The largest absolute Gasteiger partial charge is 0.460 e. The average molecular weight is 470 g/mol. The summed E-state index contributed by atoms with van der Waals surface area (Å²) in [6, 6.07) is 16.2. The van der Waals surface area contributed by atoms with Gasteiger partial charge in [-0.25, -0.2) is 9.67 Å². The molecule has 176 valence electrons. The maximum atomic E-state index is 12.9.